The number of hydrogen-bond acceptors (Lipinski definition) is 6. The Bertz CT molecular complexity index is 1920. The van der Waals surface area contributed by atoms with Crippen LogP contribution >= 0.6 is 15.9 Å². The fraction of sp³-hybridized carbons (Fsp3) is 0.281. The largest absolute Gasteiger partial charge is 0.383 e. The molecule has 1 aliphatic carbocycles. The second kappa shape index (κ2) is 9.62. The molecule has 7 rings (SSSR count). The van der Waals surface area contributed by atoms with Gasteiger partial charge in [0.25, 0.3) is 0 Å². The minimum Gasteiger partial charge on any atom is -0.383 e. The summed E-state index contributed by atoms with van der Waals surface area (Å²) in [6.45, 7) is 6.29. The number of halogens is 1. The van der Waals surface area contributed by atoms with E-state index in [4.69, 9.17) is 5.73 Å². The number of aryl methyl sites for hydroxylation is 2. The van der Waals surface area contributed by atoms with E-state index in [1.54, 1.807) is 17.0 Å². The van der Waals surface area contributed by atoms with E-state index in [1.165, 1.54) is 11.9 Å². The van der Waals surface area contributed by atoms with E-state index in [9.17, 15) is 9.59 Å². The molecule has 2 aliphatic rings. The third-order valence-electron chi connectivity index (χ3n) is 8.82. The van der Waals surface area contributed by atoms with Crippen molar-refractivity contribution in [3.63, 3.8) is 0 Å². The smallest absolute Gasteiger partial charge is 0.248 e. The van der Waals surface area contributed by atoms with Gasteiger partial charge >= 0.3 is 0 Å². The predicted octanol–water partition coefficient (Wildman–Crippen LogP) is 5.63. The number of carbonyl (C=O) groups is 2. The summed E-state index contributed by atoms with van der Waals surface area (Å²) in [7, 11) is 0. The zero-order chi connectivity index (χ0) is 29.3. The van der Waals surface area contributed by atoms with Crippen molar-refractivity contribution in [2.24, 2.45) is 5.41 Å². The molecule has 0 bridgehead atoms. The van der Waals surface area contributed by atoms with E-state index in [0.29, 0.717) is 28.3 Å². The topological polar surface area (TPSA) is 119 Å². The lowest BCUT2D eigenvalue weighted by Gasteiger charge is -2.27. The number of nitrogens with one attached hydrogen (secondary N) is 1. The van der Waals surface area contributed by atoms with E-state index in [1.807, 2.05) is 17.6 Å². The van der Waals surface area contributed by atoms with E-state index < -0.39 is 6.04 Å². The highest BCUT2D eigenvalue weighted by Crippen LogP contribution is 2.59. The molecule has 2 aromatic carbocycles. The van der Waals surface area contributed by atoms with Gasteiger partial charge in [-0.3, -0.25) is 9.59 Å². The summed E-state index contributed by atoms with van der Waals surface area (Å²) in [5.41, 5.74) is 12.2. The van der Waals surface area contributed by atoms with Gasteiger partial charge in [0.2, 0.25) is 11.8 Å². The van der Waals surface area contributed by atoms with Gasteiger partial charge < -0.3 is 20.5 Å². The Labute approximate surface area is 251 Å². The lowest BCUT2D eigenvalue weighted by Crippen LogP contribution is -2.46. The number of nitrogens with zero attached hydrogens (tertiary/aromatic N) is 5. The molecule has 0 unspecified atom stereocenters. The molecule has 2 fully saturated rings. The predicted molar refractivity (Wildman–Crippen MR) is 167 cm³/mol. The number of amides is 2. The zero-order valence-electron chi connectivity index (χ0n) is 23.6. The molecular weight excluding hydrogens is 594 g/mol. The molecule has 3 N–H and O–H groups in total. The monoisotopic (exact) mass is 623 g/mol. The van der Waals surface area contributed by atoms with Crippen LogP contribution in [0.4, 0.5) is 11.6 Å². The van der Waals surface area contributed by atoms with Crippen LogP contribution in [-0.4, -0.2) is 48.3 Å². The molecule has 42 heavy (non-hydrogen) atoms. The van der Waals surface area contributed by atoms with Gasteiger partial charge in [-0.25, -0.2) is 15.0 Å². The summed E-state index contributed by atoms with van der Waals surface area (Å²) < 4.78 is 2.56. The fourth-order valence-corrected chi connectivity index (χ4v) is 6.96. The number of nitrogen functional groups attached to an aromatic ring is 1. The van der Waals surface area contributed by atoms with Gasteiger partial charge in [0.15, 0.2) is 0 Å². The number of likely N-dealkylation sites (tertiary alicyclic amines) is 1. The molecule has 2 amide bonds. The molecule has 0 spiro atoms. The summed E-state index contributed by atoms with van der Waals surface area (Å²) in [6.07, 6.45) is 2.94. The van der Waals surface area contributed by atoms with Crippen molar-refractivity contribution in [1.82, 2.24) is 24.4 Å². The number of hydrogen-bond donors (Lipinski definition) is 2. The second-order valence-corrected chi connectivity index (χ2v) is 12.6. The van der Waals surface area contributed by atoms with Crippen LogP contribution in [0.1, 0.15) is 30.9 Å². The molecule has 0 radical (unpaired) electrons. The molecule has 9 nitrogen and oxygen atoms in total. The van der Waals surface area contributed by atoms with E-state index in [0.717, 1.165) is 39.4 Å². The number of rotatable bonds is 5. The molecule has 1 saturated carbocycles. The Morgan fingerprint density at radius 2 is 1.86 bits per heavy atom. The second-order valence-electron chi connectivity index (χ2n) is 11.8. The van der Waals surface area contributed by atoms with Crippen LogP contribution < -0.4 is 11.1 Å². The maximum absolute atomic E-state index is 14.1. The highest BCUT2D eigenvalue weighted by atomic mass is 79.9. The Hall–Kier alpha value is -4.31. The van der Waals surface area contributed by atoms with Gasteiger partial charge in [-0.1, -0.05) is 42.8 Å². The van der Waals surface area contributed by atoms with E-state index >= 15 is 0 Å². The first-order chi connectivity index (χ1) is 20.1. The number of aromatic nitrogens is 4. The van der Waals surface area contributed by atoms with Crippen molar-refractivity contribution >= 4 is 61.3 Å². The maximum Gasteiger partial charge on any atom is 0.248 e. The van der Waals surface area contributed by atoms with Crippen LogP contribution in [0.2, 0.25) is 0 Å². The SMILES string of the molecule is Cc1ccc(-c2cc(C)c3c(c2)c2c(N)ncnc2n3CC(=O)N2[C@H](C(=O)Nc3cccc(Br)n3)C[C@@]3(C)C[C@@H]23)cc1. The van der Waals surface area contributed by atoms with Crippen LogP contribution in [-0.2, 0) is 16.1 Å². The van der Waals surface area contributed by atoms with Crippen molar-refractivity contribution in [3.05, 3.63) is 76.7 Å². The number of pyridine rings is 1. The van der Waals surface area contributed by atoms with Gasteiger partial charge in [0.05, 0.1) is 10.9 Å². The maximum atomic E-state index is 14.1. The lowest BCUT2D eigenvalue weighted by molar-refractivity contribution is -0.138. The Balaban J connectivity index is 1.27. The summed E-state index contributed by atoms with van der Waals surface area (Å²) in [6, 6.07) is 17.4. The number of carbonyl (C=O) groups excluding carboxylic acids is 2. The number of anilines is 2. The van der Waals surface area contributed by atoms with Crippen LogP contribution in [0.3, 0.4) is 0 Å². The van der Waals surface area contributed by atoms with Crippen LogP contribution in [0, 0.1) is 19.3 Å². The van der Waals surface area contributed by atoms with E-state index in [2.05, 4.69) is 86.4 Å². The highest BCUT2D eigenvalue weighted by Gasteiger charge is 2.64. The quantitative estimate of drug-likeness (QED) is 0.245. The van der Waals surface area contributed by atoms with Crippen molar-refractivity contribution in [3.8, 4) is 11.1 Å². The van der Waals surface area contributed by atoms with Crippen molar-refractivity contribution in [1.29, 1.82) is 0 Å². The molecule has 1 aliphatic heterocycles. The normalized spacial score (nSPS) is 21.1. The van der Waals surface area contributed by atoms with Crippen molar-refractivity contribution in [2.75, 3.05) is 11.1 Å². The lowest BCUT2D eigenvalue weighted by atomic mass is 9.99. The minimum absolute atomic E-state index is 0.0261. The molecule has 3 aromatic heterocycles. The average molecular weight is 625 g/mol. The van der Waals surface area contributed by atoms with Gasteiger partial charge in [0, 0.05) is 11.4 Å². The van der Waals surface area contributed by atoms with Gasteiger partial charge in [-0.15, -0.1) is 0 Å². The van der Waals surface area contributed by atoms with Crippen LogP contribution in [0.25, 0.3) is 33.1 Å². The standard InChI is InChI=1S/C32H30BrN7O2/c1-17-7-9-19(10-8-17)20-11-18(2)28-21(12-20)27-29(34)35-16-36-30(27)39(28)15-26(41)40-22(13-32(3)14-23(32)40)31(42)38-25-6-4-5-24(33)37-25/h4-12,16,22-23H,13-15H2,1-3H3,(H2,34,35,36)(H,37,38,42)/t22-,23+,32-/m0/s1. The first kappa shape index (κ1) is 26.6. The summed E-state index contributed by atoms with van der Waals surface area (Å²) >= 11 is 3.35. The molecule has 1 saturated heterocycles. The first-order valence-electron chi connectivity index (χ1n) is 14.0. The van der Waals surface area contributed by atoms with Crippen LogP contribution in [0.5, 0.6) is 0 Å². The molecular formula is C32H30BrN7O2. The molecule has 4 heterocycles. The van der Waals surface area contributed by atoms with Crippen molar-refractivity contribution in [2.45, 2.75) is 52.2 Å². The highest BCUT2D eigenvalue weighted by molar-refractivity contribution is 9.10. The number of piperidine rings is 1. The summed E-state index contributed by atoms with van der Waals surface area (Å²) in [4.78, 5) is 42.6. The fourth-order valence-electron chi connectivity index (χ4n) is 6.62. The Morgan fingerprint density at radius 3 is 2.62 bits per heavy atom. The number of benzene rings is 2. The Morgan fingerprint density at radius 1 is 1.07 bits per heavy atom. The third-order valence-corrected chi connectivity index (χ3v) is 9.26. The minimum atomic E-state index is -0.580. The molecule has 3 atom stereocenters. The van der Waals surface area contributed by atoms with E-state index in [-0.39, 0.29) is 29.8 Å². The summed E-state index contributed by atoms with van der Waals surface area (Å²) in [5, 5.41) is 4.54. The molecule has 10 heteroatoms. The number of fused-ring (bicyclic) bond motifs is 4. The number of nitrogens with two attached hydrogens (primary N) is 1. The van der Waals surface area contributed by atoms with Gasteiger partial charge in [0.1, 0.15) is 40.8 Å². The van der Waals surface area contributed by atoms with Crippen molar-refractivity contribution < 1.29 is 9.59 Å². The molecule has 5 aromatic rings. The average Bonchev–Trinajstić information content (AvgIpc) is 3.35. The third kappa shape index (κ3) is 4.32. The van der Waals surface area contributed by atoms with Crippen LogP contribution in [0.15, 0.2) is 65.5 Å². The summed E-state index contributed by atoms with van der Waals surface area (Å²) in [5.74, 6) is 0.463. The van der Waals surface area contributed by atoms with Gasteiger partial charge in [-0.2, -0.15) is 0 Å². The van der Waals surface area contributed by atoms with Gasteiger partial charge in [-0.05, 0) is 89.0 Å². The zero-order valence-corrected chi connectivity index (χ0v) is 25.1. The first-order valence-corrected chi connectivity index (χ1v) is 14.8. The molecule has 212 valence electrons. The Kier molecular flexibility index (Phi) is 6.09.